The number of anilines is 1. The van der Waals surface area contributed by atoms with E-state index in [9.17, 15) is 9.59 Å². The highest BCUT2D eigenvalue weighted by atomic mass is 32.1. The number of ether oxygens (including phenoxy) is 1. The molecule has 0 radical (unpaired) electrons. The molecule has 0 aliphatic carbocycles. The number of aromatic nitrogens is 2. The lowest BCUT2D eigenvalue weighted by atomic mass is 10.2. The van der Waals surface area contributed by atoms with E-state index in [1.54, 1.807) is 0 Å². The maximum Gasteiger partial charge on any atom is 0.307 e. The quantitative estimate of drug-likeness (QED) is 0.787. The Morgan fingerprint density at radius 3 is 2.82 bits per heavy atom. The summed E-state index contributed by atoms with van der Waals surface area (Å²) in [6.45, 7) is 4.83. The number of nitrogens with zero attached hydrogens (tertiary/aromatic N) is 2. The summed E-state index contributed by atoms with van der Waals surface area (Å²) in [5.74, 6) is 0.162. The second kappa shape index (κ2) is 7.17. The average Bonchev–Trinajstić information content (AvgIpc) is 2.85. The fraction of sp³-hybridized carbons (Fsp3) is 0.429. The fourth-order valence-electron chi connectivity index (χ4n) is 2.05. The van der Waals surface area contributed by atoms with E-state index < -0.39 is 0 Å². The second-order valence-corrected chi connectivity index (χ2v) is 5.57. The molecule has 0 aliphatic heterocycles. The van der Waals surface area contributed by atoms with Crippen LogP contribution < -0.4 is 10.6 Å². The molecular formula is C14H18N4O3S. The van der Waals surface area contributed by atoms with Crippen LogP contribution in [0, 0.1) is 6.92 Å². The molecule has 0 saturated carbocycles. The summed E-state index contributed by atoms with van der Waals surface area (Å²) in [6, 6.07) is 0. The maximum absolute atomic E-state index is 12.3. The molecule has 2 aromatic rings. The SMILES string of the molecule is CCNc1ncnc2sc(C(=O)NCCC(=O)OC)c(C)c12. The minimum atomic E-state index is -0.353. The van der Waals surface area contributed by atoms with Gasteiger partial charge in [0.2, 0.25) is 0 Å². The third-order valence-electron chi connectivity index (χ3n) is 3.12. The Bertz CT molecular complexity index is 699. The van der Waals surface area contributed by atoms with Crippen molar-refractivity contribution in [3.8, 4) is 0 Å². The molecule has 1 amide bonds. The van der Waals surface area contributed by atoms with Gasteiger partial charge in [-0.15, -0.1) is 11.3 Å². The van der Waals surface area contributed by atoms with Crippen molar-refractivity contribution in [2.45, 2.75) is 20.3 Å². The van der Waals surface area contributed by atoms with Gasteiger partial charge in [-0.05, 0) is 19.4 Å². The Morgan fingerprint density at radius 2 is 2.14 bits per heavy atom. The van der Waals surface area contributed by atoms with E-state index in [1.165, 1.54) is 24.8 Å². The summed E-state index contributed by atoms with van der Waals surface area (Å²) in [6.07, 6.45) is 1.63. The number of aryl methyl sites for hydroxylation is 1. The van der Waals surface area contributed by atoms with Crippen molar-refractivity contribution in [3.05, 3.63) is 16.8 Å². The van der Waals surface area contributed by atoms with Gasteiger partial charge in [-0.3, -0.25) is 9.59 Å². The van der Waals surface area contributed by atoms with Gasteiger partial charge in [0.25, 0.3) is 5.91 Å². The molecule has 0 bridgehead atoms. The largest absolute Gasteiger partial charge is 0.469 e. The lowest BCUT2D eigenvalue weighted by molar-refractivity contribution is -0.140. The number of carbonyl (C=O) groups excluding carboxylic acids is 2. The third kappa shape index (κ3) is 3.33. The summed E-state index contributed by atoms with van der Waals surface area (Å²) in [7, 11) is 1.32. The summed E-state index contributed by atoms with van der Waals surface area (Å²) in [5, 5.41) is 6.76. The maximum atomic E-state index is 12.3. The number of methoxy groups -OCH3 is 1. The van der Waals surface area contributed by atoms with Crippen LogP contribution in [0.4, 0.5) is 5.82 Å². The Balaban J connectivity index is 2.21. The molecule has 0 spiro atoms. The van der Waals surface area contributed by atoms with Gasteiger partial charge in [0.15, 0.2) is 0 Å². The normalized spacial score (nSPS) is 10.5. The lowest BCUT2D eigenvalue weighted by Crippen LogP contribution is -2.26. The Morgan fingerprint density at radius 1 is 1.36 bits per heavy atom. The van der Waals surface area contributed by atoms with Crippen LogP contribution in [0.5, 0.6) is 0 Å². The molecule has 8 heteroatoms. The van der Waals surface area contributed by atoms with Gasteiger partial charge in [-0.1, -0.05) is 0 Å². The van der Waals surface area contributed by atoms with Crippen LogP contribution in [0.3, 0.4) is 0 Å². The first-order chi connectivity index (χ1) is 10.6. The molecule has 0 fully saturated rings. The number of fused-ring (bicyclic) bond motifs is 1. The summed E-state index contributed by atoms with van der Waals surface area (Å²) in [4.78, 5) is 33.1. The number of carbonyl (C=O) groups is 2. The van der Waals surface area contributed by atoms with E-state index in [0.717, 1.165) is 28.1 Å². The number of esters is 1. The predicted octanol–water partition coefficient (Wildman–Crippen LogP) is 1.72. The Labute approximate surface area is 132 Å². The zero-order chi connectivity index (χ0) is 16.1. The minimum Gasteiger partial charge on any atom is -0.469 e. The first kappa shape index (κ1) is 16.2. The van der Waals surface area contributed by atoms with Gasteiger partial charge in [0.05, 0.1) is 23.8 Å². The van der Waals surface area contributed by atoms with Crippen molar-refractivity contribution >= 4 is 39.2 Å². The molecule has 0 atom stereocenters. The zero-order valence-corrected chi connectivity index (χ0v) is 13.5. The van der Waals surface area contributed by atoms with Crippen molar-refractivity contribution in [2.75, 3.05) is 25.5 Å². The first-order valence-corrected chi connectivity index (χ1v) is 7.73. The van der Waals surface area contributed by atoms with Crippen LogP contribution in [0.1, 0.15) is 28.6 Å². The lowest BCUT2D eigenvalue weighted by Gasteiger charge is -2.05. The van der Waals surface area contributed by atoms with E-state index in [0.29, 0.717) is 4.88 Å². The fourth-order valence-corrected chi connectivity index (χ4v) is 3.12. The van der Waals surface area contributed by atoms with Crippen LogP contribution >= 0.6 is 11.3 Å². The molecule has 0 unspecified atom stereocenters. The molecule has 2 aromatic heterocycles. The van der Waals surface area contributed by atoms with Crippen molar-refractivity contribution in [1.29, 1.82) is 0 Å². The van der Waals surface area contributed by atoms with E-state index in [2.05, 4.69) is 25.3 Å². The summed E-state index contributed by atoms with van der Waals surface area (Å²) >= 11 is 1.32. The van der Waals surface area contributed by atoms with Crippen LogP contribution in [0.25, 0.3) is 10.2 Å². The van der Waals surface area contributed by atoms with Crippen molar-refractivity contribution in [1.82, 2.24) is 15.3 Å². The van der Waals surface area contributed by atoms with Crippen LogP contribution in [0.2, 0.25) is 0 Å². The molecule has 2 rings (SSSR count). The smallest absolute Gasteiger partial charge is 0.307 e. The van der Waals surface area contributed by atoms with Crippen LogP contribution in [-0.4, -0.2) is 42.0 Å². The third-order valence-corrected chi connectivity index (χ3v) is 4.32. The number of nitrogens with one attached hydrogen (secondary N) is 2. The molecular weight excluding hydrogens is 304 g/mol. The first-order valence-electron chi connectivity index (χ1n) is 6.91. The van der Waals surface area contributed by atoms with Gasteiger partial charge >= 0.3 is 5.97 Å². The van der Waals surface area contributed by atoms with Crippen LogP contribution in [-0.2, 0) is 9.53 Å². The molecule has 7 nitrogen and oxygen atoms in total. The number of amides is 1. The monoisotopic (exact) mass is 322 g/mol. The minimum absolute atomic E-state index is 0.147. The molecule has 0 aromatic carbocycles. The van der Waals surface area contributed by atoms with Gasteiger partial charge in [-0.25, -0.2) is 9.97 Å². The van der Waals surface area contributed by atoms with Crippen molar-refractivity contribution < 1.29 is 14.3 Å². The van der Waals surface area contributed by atoms with E-state index in [1.807, 2.05) is 13.8 Å². The number of rotatable bonds is 6. The van der Waals surface area contributed by atoms with E-state index >= 15 is 0 Å². The number of hydrogen-bond donors (Lipinski definition) is 2. The number of hydrogen-bond acceptors (Lipinski definition) is 7. The standard InChI is InChI=1S/C14H18N4O3S/c1-4-15-12-10-8(2)11(22-14(10)18-7-17-12)13(20)16-6-5-9(19)21-3/h7H,4-6H2,1-3H3,(H,16,20)(H,15,17,18). The Hall–Kier alpha value is -2.22. The summed E-state index contributed by atoms with van der Waals surface area (Å²) < 4.78 is 4.54. The highest BCUT2D eigenvalue weighted by Gasteiger charge is 2.19. The topological polar surface area (TPSA) is 93.2 Å². The van der Waals surface area contributed by atoms with E-state index in [-0.39, 0.29) is 24.8 Å². The average molecular weight is 322 g/mol. The Kier molecular flexibility index (Phi) is 5.26. The van der Waals surface area contributed by atoms with Gasteiger partial charge in [0, 0.05) is 13.1 Å². The summed E-state index contributed by atoms with van der Waals surface area (Å²) in [5.41, 5.74) is 0.840. The predicted molar refractivity (Wildman–Crippen MR) is 85.3 cm³/mol. The molecule has 2 heterocycles. The van der Waals surface area contributed by atoms with Gasteiger partial charge in [-0.2, -0.15) is 0 Å². The van der Waals surface area contributed by atoms with Crippen molar-refractivity contribution in [2.24, 2.45) is 0 Å². The zero-order valence-electron chi connectivity index (χ0n) is 12.7. The number of thiophene rings is 1. The molecule has 22 heavy (non-hydrogen) atoms. The highest BCUT2D eigenvalue weighted by Crippen LogP contribution is 2.33. The molecule has 0 saturated heterocycles. The molecule has 2 N–H and O–H groups in total. The van der Waals surface area contributed by atoms with Crippen molar-refractivity contribution in [3.63, 3.8) is 0 Å². The van der Waals surface area contributed by atoms with E-state index in [4.69, 9.17) is 0 Å². The second-order valence-electron chi connectivity index (χ2n) is 4.57. The van der Waals surface area contributed by atoms with Crippen LogP contribution in [0.15, 0.2) is 6.33 Å². The highest BCUT2D eigenvalue weighted by molar-refractivity contribution is 7.20. The molecule has 118 valence electrons. The molecule has 0 aliphatic rings. The van der Waals surface area contributed by atoms with Gasteiger partial charge < -0.3 is 15.4 Å². The van der Waals surface area contributed by atoms with Gasteiger partial charge in [0.1, 0.15) is 17.0 Å².